The van der Waals surface area contributed by atoms with Gasteiger partial charge in [0.1, 0.15) is 11.6 Å². The predicted octanol–water partition coefficient (Wildman–Crippen LogP) is 16.5. The van der Waals surface area contributed by atoms with Crippen molar-refractivity contribution in [3.63, 3.8) is 0 Å². The molecular formula is C64H48N4O. The lowest BCUT2D eigenvalue weighted by Gasteiger charge is -2.23. The molecule has 12 aromatic rings. The SMILES string of the molecule is CC(C)(C)c1ccc(-n2c(-c3cc4c5ccccc5n(-c5ccccc5)c4cc3O)nc3c(-c4cc(-c5ccccc5)cc(-c5cc(-c6ccccc6)ccn5)c4)cccc32)c(-c2ccccc2)c1. The Hall–Kier alpha value is -8.80. The van der Waals surface area contributed by atoms with Gasteiger partial charge in [-0.05, 0) is 117 Å². The first-order valence-corrected chi connectivity index (χ1v) is 23.5. The van der Waals surface area contributed by atoms with Gasteiger partial charge in [0.15, 0.2) is 0 Å². The van der Waals surface area contributed by atoms with Crippen molar-refractivity contribution < 1.29 is 5.11 Å². The van der Waals surface area contributed by atoms with Gasteiger partial charge in [0.25, 0.3) is 0 Å². The van der Waals surface area contributed by atoms with Crippen molar-refractivity contribution in [2.75, 3.05) is 0 Å². The quantitative estimate of drug-likeness (QED) is 0.165. The van der Waals surface area contributed by atoms with Crippen LogP contribution in [0.4, 0.5) is 0 Å². The summed E-state index contributed by atoms with van der Waals surface area (Å²) in [7, 11) is 0. The van der Waals surface area contributed by atoms with Crippen molar-refractivity contribution in [1.82, 2.24) is 19.1 Å². The number of hydrogen-bond donors (Lipinski definition) is 1. The van der Waals surface area contributed by atoms with Gasteiger partial charge in [-0.15, -0.1) is 0 Å². The molecule has 0 amide bonds. The summed E-state index contributed by atoms with van der Waals surface area (Å²) in [6.07, 6.45) is 1.90. The molecule has 1 N–H and O–H groups in total. The summed E-state index contributed by atoms with van der Waals surface area (Å²) in [5.74, 6) is 0.789. The Morgan fingerprint density at radius 2 is 1.03 bits per heavy atom. The fourth-order valence-electron chi connectivity index (χ4n) is 9.97. The predicted molar refractivity (Wildman–Crippen MR) is 286 cm³/mol. The summed E-state index contributed by atoms with van der Waals surface area (Å²) in [6, 6.07) is 78.7. The average Bonchev–Trinajstić information content (AvgIpc) is 3.94. The van der Waals surface area contributed by atoms with E-state index in [0.29, 0.717) is 11.4 Å². The van der Waals surface area contributed by atoms with Crippen molar-refractivity contribution in [2.24, 2.45) is 0 Å². The number of hydrogen-bond acceptors (Lipinski definition) is 3. The highest BCUT2D eigenvalue weighted by molar-refractivity contribution is 6.11. The largest absolute Gasteiger partial charge is 0.507 e. The second-order valence-corrected chi connectivity index (χ2v) is 18.8. The van der Waals surface area contributed by atoms with Crippen LogP contribution >= 0.6 is 0 Å². The smallest absolute Gasteiger partial charge is 0.149 e. The van der Waals surface area contributed by atoms with E-state index in [9.17, 15) is 5.11 Å². The maximum atomic E-state index is 12.5. The molecule has 5 nitrogen and oxygen atoms in total. The molecule has 330 valence electrons. The molecule has 0 unspecified atom stereocenters. The average molecular weight is 889 g/mol. The van der Waals surface area contributed by atoms with E-state index in [1.165, 1.54) is 5.56 Å². The maximum absolute atomic E-state index is 12.5. The Morgan fingerprint density at radius 1 is 0.406 bits per heavy atom. The van der Waals surface area contributed by atoms with Gasteiger partial charge in [-0.25, -0.2) is 4.98 Å². The van der Waals surface area contributed by atoms with Crippen LogP contribution in [0.15, 0.2) is 231 Å². The molecule has 12 rings (SSSR count). The number of nitrogens with zero attached hydrogens (tertiary/aromatic N) is 4. The van der Waals surface area contributed by atoms with Gasteiger partial charge in [0.05, 0.1) is 39.0 Å². The topological polar surface area (TPSA) is 55.9 Å². The van der Waals surface area contributed by atoms with E-state index in [0.717, 1.165) is 100.0 Å². The molecule has 3 aromatic heterocycles. The molecule has 0 spiro atoms. The summed E-state index contributed by atoms with van der Waals surface area (Å²) < 4.78 is 4.49. The second kappa shape index (κ2) is 16.8. The summed E-state index contributed by atoms with van der Waals surface area (Å²) >= 11 is 0. The number of imidazole rings is 1. The number of aromatic nitrogens is 4. The minimum atomic E-state index is -0.0950. The van der Waals surface area contributed by atoms with Crippen LogP contribution in [0, 0.1) is 0 Å². The number of fused-ring (bicyclic) bond motifs is 4. The van der Waals surface area contributed by atoms with Gasteiger partial charge in [-0.2, -0.15) is 0 Å². The van der Waals surface area contributed by atoms with E-state index < -0.39 is 0 Å². The summed E-state index contributed by atoms with van der Waals surface area (Å²) in [5, 5.41) is 14.7. The molecule has 0 saturated carbocycles. The van der Waals surface area contributed by atoms with Crippen LogP contribution < -0.4 is 0 Å². The molecule has 3 heterocycles. The Labute approximate surface area is 401 Å². The lowest BCUT2D eigenvalue weighted by molar-refractivity contribution is 0.477. The van der Waals surface area contributed by atoms with Crippen molar-refractivity contribution in [2.45, 2.75) is 26.2 Å². The van der Waals surface area contributed by atoms with Crippen molar-refractivity contribution in [1.29, 1.82) is 0 Å². The van der Waals surface area contributed by atoms with E-state index in [4.69, 9.17) is 9.97 Å². The molecule has 0 aliphatic heterocycles. The minimum Gasteiger partial charge on any atom is -0.507 e. The van der Waals surface area contributed by atoms with Crippen LogP contribution in [0.1, 0.15) is 26.3 Å². The molecule has 0 aliphatic carbocycles. The number of para-hydroxylation sites is 3. The van der Waals surface area contributed by atoms with Gasteiger partial charge < -0.3 is 9.67 Å². The van der Waals surface area contributed by atoms with E-state index in [2.05, 4.69) is 236 Å². The third-order valence-electron chi connectivity index (χ3n) is 13.4. The molecule has 9 aromatic carbocycles. The fourth-order valence-corrected chi connectivity index (χ4v) is 9.97. The fraction of sp³-hybridized carbons (Fsp3) is 0.0625. The first-order chi connectivity index (χ1) is 33.8. The van der Waals surface area contributed by atoms with Crippen LogP contribution in [-0.2, 0) is 5.41 Å². The van der Waals surface area contributed by atoms with Crippen LogP contribution in [-0.4, -0.2) is 24.2 Å². The third kappa shape index (κ3) is 7.45. The third-order valence-corrected chi connectivity index (χ3v) is 13.4. The van der Waals surface area contributed by atoms with Crippen molar-refractivity contribution >= 4 is 32.8 Å². The van der Waals surface area contributed by atoms with Crippen LogP contribution in [0.25, 0.3) is 111 Å². The summed E-state index contributed by atoms with van der Waals surface area (Å²) in [4.78, 5) is 10.6. The van der Waals surface area contributed by atoms with Gasteiger partial charge >= 0.3 is 0 Å². The number of rotatable bonds is 8. The molecule has 69 heavy (non-hydrogen) atoms. The molecule has 0 saturated heterocycles. The van der Waals surface area contributed by atoms with Crippen molar-refractivity contribution in [3.05, 3.63) is 236 Å². The maximum Gasteiger partial charge on any atom is 0.149 e. The zero-order chi connectivity index (χ0) is 46.6. The molecule has 0 atom stereocenters. The zero-order valence-electron chi connectivity index (χ0n) is 38.7. The molecule has 0 aliphatic rings. The van der Waals surface area contributed by atoms with Crippen molar-refractivity contribution in [3.8, 4) is 84.3 Å². The van der Waals surface area contributed by atoms with Crippen LogP contribution in [0.5, 0.6) is 5.75 Å². The number of aromatic hydroxyl groups is 1. The lowest BCUT2D eigenvalue weighted by Crippen LogP contribution is -2.12. The number of benzene rings is 9. The zero-order valence-corrected chi connectivity index (χ0v) is 38.7. The Bertz CT molecular complexity index is 3870. The highest BCUT2D eigenvalue weighted by Crippen LogP contribution is 2.45. The van der Waals surface area contributed by atoms with Gasteiger partial charge in [-0.1, -0.05) is 166 Å². The molecule has 0 radical (unpaired) electrons. The monoisotopic (exact) mass is 888 g/mol. The Kier molecular flexibility index (Phi) is 10.1. The number of phenolic OH excluding ortho intramolecular Hbond substituents is 1. The normalized spacial score (nSPS) is 11.8. The standard InChI is InChI=1S/C64H48N4O/c1-64(2,3)49-31-32-58(53(39-49)44-23-12-6-13-24-44)68-59-30-18-28-51(47-35-46(43-21-10-5-11-22-43)36-48(37-47)56-38-45(33-34-65-56)42-19-8-4-9-20-42)62(59)66-63(68)55-40-54-52-27-16-17-29-57(52)67(60(54)41-61(55)69)50-25-14-7-15-26-50/h4-41,69H,1-3H3. The van der Waals surface area contributed by atoms with E-state index in [1.54, 1.807) is 0 Å². The van der Waals surface area contributed by atoms with Gasteiger partial charge in [-0.3, -0.25) is 9.55 Å². The van der Waals surface area contributed by atoms with Crippen LogP contribution in [0.3, 0.4) is 0 Å². The van der Waals surface area contributed by atoms with E-state index in [1.807, 2.05) is 24.4 Å². The van der Waals surface area contributed by atoms with Gasteiger partial charge in [0, 0.05) is 45.4 Å². The number of phenols is 1. The first kappa shape index (κ1) is 41.6. The second-order valence-electron chi connectivity index (χ2n) is 18.8. The Balaban J connectivity index is 1.15. The summed E-state index contributed by atoms with van der Waals surface area (Å²) in [6.45, 7) is 6.77. The molecule has 5 heteroatoms. The number of pyridine rings is 1. The lowest BCUT2D eigenvalue weighted by atomic mass is 9.85. The highest BCUT2D eigenvalue weighted by atomic mass is 16.3. The van der Waals surface area contributed by atoms with E-state index >= 15 is 0 Å². The molecule has 0 fully saturated rings. The van der Waals surface area contributed by atoms with Crippen LogP contribution in [0.2, 0.25) is 0 Å². The van der Waals surface area contributed by atoms with Gasteiger partial charge in [0.2, 0.25) is 0 Å². The highest BCUT2D eigenvalue weighted by Gasteiger charge is 2.26. The molecular weight excluding hydrogens is 841 g/mol. The summed E-state index contributed by atoms with van der Waals surface area (Å²) in [5.41, 5.74) is 18.0. The minimum absolute atomic E-state index is 0.0950. The first-order valence-electron chi connectivity index (χ1n) is 23.5. The van der Waals surface area contributed by atoms with E-state index in [-0.39, 0.29) is 11.2 Å². The Morgan fingerprint density at radius 3 is 1.75 bits per heavy atom. The molecule has 0 bridgehead atoms.